The van der Waals surface area contributed by atoms with Gasteiger partial charge in [0.2, 0.25) is 0 Å². The van der Waals surface area contributed by atoms with Gasteiger partial charge in [-0.3, -0.25) is 9.59 Å². The number of hydrogen-bond acceptors (Lipinski definition) is 4. The molecule has 0 radical (unpaired) electrons. The number of unbranched alkanes of at least 4 members (excludes halogenated alkanes) is 2. The Kier molecular flexibility index (Phi) is 7.80. The average Bonchev–Trinajstić information content (AvgIpc) is 2.64. The minimum atomic E-state index is -0.190. The lowest BCUT2D eigenvalue weighted by molar-refractivity contribution is 0.0920. The molecule has 7 heteroatoms. The van der Waals surface area contributed by atoms with E-state index in [0.29, 0.717) is 29.1 Å². The van der Waals surface area contributed by atoms with Crippen LogP contribution in [0.1, 0.15) is 56.4 Å². The summed E-state index contributed by atoms with van der Waals surface area (Å²) in [4.78, 5) is 25.6. The first kappa shape index (κ1) is 21.4. The number of carbonyl (C=O) groups excluding carboxylic acids is 1. The minimum Gasteiger partial charge on any atom is -0.348 e. The van der Waals surface area contributed by atoms with Crippen LogP contribution < -0.4 is 16.2 Å². The van der Waals surface area contributed by atoms with Gasteiger partial charge >= 0.3 is 0 Å². The van der Waals surface area contributed by atoms with E-state index in [9.17, 15) is 9.59 Å². The van der Waals surface area contributed by atoms with Crippen LogP contribution in [0.3, 0.4) is 0 Å². The minimum absolute atomic E-state index is 0. The SMILES string of the molecule is CCCCCn1nc(C(=O)NC2CCNC(C)C2)c2ccccc2c1=O.Cl. The van der Waals surface area contributed by atoms with Crippen LogP contribution in [0.5, 0.6) is 0 Å². The van der Waals surface area contributed by atoms with Crippen molar-refractivity contribution in [2.75, 3.05) is 6.54 Å². The number of amides is 1. The molecule has 1 fully saturated rings. The summed E-state index contributed by atoms with van der Waals surface area (Å²) in [5.41, 5.74) is 0.228. The Bertz CT molecular complexity index is 836. The number of aromatic nitrogens is 2. The summed E-state index contributed by atoms with van der Waals surface area (Å²) in [6.07, 6.45) is 4.80. The van der Waals surface area contributed by atoms with Crippen LogP contribution in [0.15, 0.2) is 29.1 Å². The molecule has 1 amide bonds. The summed E-state index contributed by atoms with van der Waals surface area (Å²) < 4.78 is 1.46. The van der Waals surface area contributed by atoms with E-state index >= 15 is 0 Å². The van der Waals surface area contributed by atoms with Gasteiger partial charge in [-0.05, 0) is 38.8 Å². The average molecular weight is 393 g/mol. The Morgan fingerprint density at radius 2 is 2.04 bits per heavy atom. The van der Waals surface area contributed by atoms with E-state index in [1.165, 1.54) is 4.68 Å². The molecule has 2 heterocycles. The summed E-state index contributed by atoms with van der Waals surface area (Å²) >= 11 is 0. The number of rotatable bonds is 6. The molecule has 0 aliphatic carbocycles. The first-order valence-electron chi connectivity index (χ1n) is 9.64. The molecule has 2 aromatic rings. The third-order valence-electron chi connectivity index (χ3n) is 5.02. The van der Waals surface area contributed by atoms with Crippen LogP contribution in [-0.4, -0.2) is 34.3 Å². The molecular weight excluding hydrogens is 364 g/mol. The van der Waals surface area contributed by atoms with Crippen molar-refractivity contribution in [2.45, 2.75) is 64.6 Å². The number of hydrogen-bond donors (Lipinski definition) is 2. The van der Waals surface area contributed by atoms with Crippen molar-refractivity contribution in [3.63, 3.8) is 0 Å². The standard InChI is InChI=1S/C20H28N4O2.ClH/c1-3-4-7-12-24-20(26)17-9-6-5-8-16(17)18(23-24)19(25)22-15-10-11-21-14(2)13-15;/h5-6,8-9,14-15,21H,3-4,7,10-13H2,1-2H3,(H,22,25);1H. The molecule has 0 bridgehead atoms. The van der Waals surface area contributed by atoms with Crippen LogP contribution in [0.25, 0.3) is 10.8 Å². The van der Waals surface area contributed by atoms with E-state index in [-0.39, 0.29) is 29.9 Å². The van der Waals surface area contributed by atoms with E-state index < -0.39 is 0 Å². The fraction of sp³-hybridized carbons (Fsp3) is 0.550. The monoisotopic (exact) mass is 392 g/mol. The Morgan fingerprint density at radius 1 is 1.30 bits per heavy atom. The number of halogens is 1. The van der Waals surface area contributed by atoms with Gasteiger partial charge in [0, 0.05) is 24.0 Å². The van der Waals surface area contributed by atoms with Crippen molar-refractivity contribution in [1.82, 2.24) is 20.4 Å². The van der Waals surface area contributed by atoms with Crippen LogP contribution in [0.4, 0.5) is 0 Å². The molecule has 3 rings (SSSR count). The number of benzene rings is 1. The summed E-state index contributed by atoms with van der Waals surface area (Å²) in [5, 5.41) is 12.1. The molecule has 2 atom stereocenters. The smallest absolute Gasteiger partial charge is 0.274 e. The van der Waals surface area contributed by atoms with Gasteiger partial charge in [-0.1, -0.05) is 38.0 Å². The zero-order valence-corrected chi connectivity index (χ0v) is 16.8. The lowest BCUT2D eigenvalue weighted by Crippen LogP contribution is -2.47. The van der Waals surface area contributed by atoms with E-state index in [4.69, 9.17) is 0 Å². The molecule has 1 saturated heterocycles. The Morgan fingerprint density at radius 3 is 2.74 bits per heavy atom. The maximum Gasteiger partial charge on any atom is 0.274 e. The molecular formula is C20H29ClN4O2. The molecule has 2 N–H and O–H groups in total. The third-order valence-corrected chi connectivity index (χ3v) is 5.02. The number of nitrogens with zero attached hydrogens (tertiary/aromatic N) is 2. The first-order valence-corrected chi connectivity index (χ1v) is 9.64. The molecule has 0 spiro atoms. The number of piperidine rings is 1. The molecule has 2 unspecified atom stereocenters. The summed E-state index contributed by atoms with van der Waals surface area (Å²) in [6, 6.07) is 7.78. The summed E-state index contributed by atoms with van der Waals surface area (Å²) in [6.45, 7) is 5.69. The maximum absolute atomic E-state index is 12.9. The van der Waals surface area contributed by atoms with Gasteiger partial charge in [0.1, 0.15) is 0 Å². The summed E-state index contributed by atoms with van der Waals surface area (Å²) in [7, 11) is 0. The van der Waals surface area contributed by atoms with Crippen LogP contribution in [0, 0.1) is 0 Å². The normalized spacial score (nSPS) is 19.5. The van der Waals surface area contributed by atoms with E-state index in [1.807, 2.05) is 12.1 Å². The molecule has 0 saturated carbocycles. The Hall–Kier alpha value is -1.92. The molecule has 6 nitrogen and oxygen atoms in total. The second-order valence-electron chi connectivity index (χ2n) is 7.18. The quantitative estimate of drug-likeness (QED) is 0.741. The zero-order valence-electron chi connectivity index (χ0n) is 16.0. The first-order chi connectivity index (χ1) is 12.6. The van der Waals surface area contributed by atoms with Gasteiger partial charge in [-0.15, -0.1) is 12.4 Å². The van der Waals surface area contributed by atoms with Crippen molar-refractivity contribution < 1.29 is 4.79 Å². The highest BCUT2D eigenvalue weighted by atomic mass is 35.5. The Labute approximate surface area is 166 Å². The third kappa shape index (κ3) is 5.08. The number of aryl methyl sites for hydroxylation is 1. The highest BCUT2D eigenvalue weighted by Gasteiger charge is 2.23. The van der Waals surface area contributed by atoms with E-state index in [2.05, 4.69) is 29.6 Å². The van der Waals surface area contributed by atoms with E-state index in [0.717, 1.165) is 38.6 Å². The maximum atomic E-state index is 12.9. The van der Waals surface area contributed by atoms with Gasteiger partial charge in [-0.25, -0.2) is 4.68 Å². The molecule has 1 aromatic carbocycles. The fourth-order valence-corrected chi connectivity index (χ4v) is 3.58. The van der Waals surface area contributed by atoms with Crippen LogP contribution in [0.2, 0.25) is 0 Å². The van der Waals surface area contributed by atoms with Gasteiger partial charge in [0.25, 0.3) is 11.5 Å². The Balaban J connectivity index is 0.00000261. The zero-order chi connectivity index (χ0) is 18.5. The van der Waals surface area contributed by atoms with Gasteiger partial charge in [-0.2, -0.15) is 5.10 Å². The lowest BCUT2D eigenvalue weighted by Gasteiger charge is -2.28. The van der Waals surface area contributed by atoms with Crippen molar-refractivity contribution in [3.05, 3.63) is 40.3 Å². The van der Waals surface area contributed by atoms with Gasteiger partial charge in [0.05, 0.1) is 5.39 Å². The number of nitrogens with one attached hydrogen (secondary N) is 2. The van der Waals surface area contributed by atoms with Crippen LogP contribution >= 0.6 is 12.4 Å². The molecule has 148 valence electrons. The molecule has 27 heavy (non-hydrogen) atoms. The molecule has 1 aromatic heterocycles. The van der Waals surface area contributed by atoms with Crippen molar-refractivity contribution in [1.29, 1.82) is 0 Å². The van der Waals surface area contributed by atoms with E-state index in [1.54, 1.807) is 12.1 Å². The largest absolute Gasteiger partial charge is 0.348 e. The van der Waals surface area contributed by atoms with Crippen molar-refractivity contribution in [2.24, 2.45) is 0 Å². The fourth-order valence-electron chi connectivity index (χ4n) is 3.58. The van der Waals surface area contributed by atoms with Crippen LogP contribution in [-0.2, 0) is 6.54 Å². The highest BCUT2D eigenvalue weighted by molar-refractivity contribution is 6.04. The molecule has 1 aliphatic heterocycles. The van der Waals surface area contributed by atoms with Gasteiger partial charge in [0.15, 0.2) is 5.69 Å². The number of fused-ring (bicyclic) bond motifs is 1. The summed E-state index contributed by atoms with van der Waals surface area (Å²) in [5.74, 6) is -0.190. The second-order valence-corrected chi connectivity index (χ2v) is 7.18. The lowest BCUT2D eigenvalue weighted by atomic mass is 10.0. The predicted molar refractivity (Wildman–Crippen MR) is 111 cm³/mol. The number of carbonyl (C=O) groups is 1. The second kappa shape index (κ2) is 9.85. The molecule has 1 aliphatic rings. The van der Waals surface area contributed by atoms with Crippen molar-refractivity contribution >= 4 is 29.1 Å². The topological polar surface area (TPSA) is 76.0 Å². The van der Waals surface area contributed by atoms with Crippen molar-refractivity contribution in [3.8, 4) is 0 Å². The predicted octanol–water partition coefficient (Wildman–Crippen LogP) is 2.88. The van der Waals surface area contributed by atoms with Gasteiger partial charge < -0.3 is 10.6 Å². The highest BCUT2D eigenvalue weighted by Crippen LogP contribution is 2.15.